The number of carbonyl (C=O) groups is 1. The van der Waals surface area contributed by atoms with Crippen molar-refractivity contribution in [2.45, 2.75) is 38.6 Å². The van der Waals surface area contributed by atoms with Crippen LogP contribution in [0.15, 0.2) is 52.8 Å². The Morgan fingerprint density at radius 3 is 2.85 bits per heavy atom. The van der Waals surface area contributed by atoms with Crippen molar-refractivity contribution in [3.8, 4) is 17.0 Å². The number of carbonyl (C=O) groups excluding carboxylic acids is 1. The number of hydrogen-bond acceptors (Lipinski definition) is 4. The van der Waals surface area contributed by atoms with Crippen LogP contribution in [0.2, 0.25) is 0 Å². The summed E-state index contributed by atoms with van der Waals surface area (Å²) < 4.78 is 6.54. The highest BCUT2D eigenvalue weighted by Gasteiger charge is 2.11. The average molecular weight is 367 g/mol. The summed E-state index contributed by atoms with van der Waals surface area (Å²) in [6.45, 7) is 0.493. The van der Waals surface area contributed by atoms with Crippen LogP contribution in [0.5, 0.6) is 5.75 Å². The van der Waals surface area contributed by atoms with Crippen molar-refractivity contribution in [2.24, 2.45) is 0 Å². The van der Waals surface area contributed by atoms with Crippen molar-refractivity contribution < 1.29 is 9.53 Å². The van der Waals surface area contributed by atoms with Gasteiger partial charge in [-0.1, -0.05) is 23.8 Å². The van der Waals surface area contributed by atoms with E-state index in [0.29, 0.717) is 18.0 Å². The van der Waals surface area contributed by atoms with Gasteiger partial charge in [0, 0.05) is 18.2 Å². The van der Waals surface area contributed by atoms with Gasteiger partial charge in [0.1, 0.15) is 12.3 Å². The van der Waals surface area contributed by atoms with E-state index in [2.05, 4.69) is 16.5 Å². The molecule has 2 aromatic rings. The van der Waals surface area contributed by atoms with Gasteiger partial charge in [-0.15, -0.1) is 0 Å². The van der Waals surface area contributed by atoms with Crippen LogP contribution < -0.4 is 15.6 Å². The lowest BCUT2D eigenvalue weighted by atomic mass is 9.97. The predicted molar refractivity (Wildman–Crippen MR) is 105 cm³/mol. The minimum absolute atomic E-state index is 0.0964. The number of nitrogens with one attached hydrogen (secondary N) is 1. The van der Waals surface area contributed by atoms with Gasteiger partial charge in [-0.05, 0) is 50.3 Å². The van der Waals surface area contributed by atoms with E-state index in [0.717, 1.165) is 24.8 Å². The van der Waals surface area contributed by atoms with Crippen LogP contribution in [0, 0.1) is 0 Å². The van der Waals surface area contributed by atoms with Gasteiger partial charge in [0.15, 0.2) is 0 Å². The first-order valence-corrected chi connectivity index (χ1v) is 9.33. The number of hydrogen-bond donors (Lipinski definition) is 1. The molecule has 0 saturated heterocycles. The van der Waals surface area contributed by atoms with Crippen molar-refractivity contribution in [2.75, 3.05) is 13.7 Å². The molecule has 1 N–H and O–H groups in total. The molecule has 1 aliphatic carbocycles. The Labute approximate surface area is 158 Å². The lowest BCUT2D eigenvalue weighted by molar-refractivity contribution is -0.121. The largest absolute Gasteiger partial charge is 0.496 e. The second-order valence-electron chi connectivity index (χ2n) is 6.62. The number of nitrogens with zero attached hydrogens (tertiary/aromatic N) is 2. The third kappa shape index (κ3) is 5.06. The van der Waals surface area contributed by atoms with E-state index in [4.69, 9.17) is 4.74 Å². The molecule has 0 spiro atoms. The Bertz CT molecular complexity index is 886. The van der Waals surface area contributed by atoms with Gasteiger partial charge >= 0.3 is 0 Å². The van der Waals surface area contributed by atoms with E-state index in [1.54, 1.807) is 13.2 Å². The number of para-hydroxylation sites is 1. The molecule has 1 aliphatic rings. The number of benzene rings is 1. The molecule has 1 aromatic carbocycles. The Balaban J connectivity index is 1.65. The summed E-state index contributed by atoms with van der Waals surface area (Å²) in [5, 5.41) is 7.22. The number of aromatic nitrogens is 2. The number of allylic oxidation sites excluding steroid dienone is 1. The molecule has 1 heterocycles. The van der Waals surface area contributed by atoms with Crippen LogP contribution >= 0.6 is 0 Å². The fourth-order valence-electron chi connectivity index (χ4n) is 3.25. The third-order valence-electron chi connectivity index (χ3n) is 4.70. The second kappa shape index (κ2) is 9.16. The molecule has 27 heavy (non-hydrogen) atoms. The number of methoxy groups -OCH3 is 1. The number of ether oxygens (including phenoxy) is 1. The Morgan fingerprint density at radius 2 is 2.07 bits per heavy atom. The average Bonchev–Trinajstić information content (AvgIpc) is 2.70. The van der Waals surface area contributed by atoms with E-state index in [1.807, 2.05) is 24.3 Å². The van der Waals surface area contributed by atoms with Crippen molar-refractivity contribution in [1.82, 2.24) is 15.1 Å². The van der Waals surface area contributed by atoms with E-state index >= 15 is 0 Å². The maximum Gasteiger partial charge on any atom is 0.267 e. The lowest BCUT2D eigenvalue weighted by Crippen LogP contribution is -2.34. The molecule has 0 atom stereocenters. The molecular weight excluding hydrogens is 342 g/mol. The van der Waals surface area contributed by atoms with Gasteiger partial charge < -0.3 is 10.1 Å². The molecule has 0 unspecified atom stereocenters. The standard InChI is InChI=1S/C21H25N3O3/c1-27-19-10-6-5-9-17(19)18-11-12-21(26)24(23-18)15-20(25)22-14-13-16-7-3-2-4-8-16/h5-7,9-12H,2-4,8,13-15H2,1H3,(H,22,25). The van der Waals surface area contributed by atoms with Gasteiger partial charge in [0.05, 0.1) is 12.8 Å². The highest BCUT2D eigenvalue weighted by Crippen LogP contribution is 2.27. The zero-order chi connectivity index (χ0) is 19.1. The van der Waals surface area contributed by atoms with Crippen LogP contribution in [-0.4, -0.2) is 29.3 Å². The summed E-state index contributed by atoms with van der Waals surface area (Å²) in [6.07, 6.45) is 7.89. The van der Waals surface area contributed by atoms with Crippen LogP contribution in [0.1, 0.15) is 32.1 Å². The van der Waals surface area contributed by atoms with Crippen LogP contribution in [0.3, 0.4) is 0 Å². The normalized spacial score (nSPS) is 13.7. The molecule has 6 heteroatoms. The summed E-state index contributed by atoms with van der Waals surface area (Å²) in [5.41, 5.74) is 2.47. The molecule has 6 nitrogen and oxygen atoms in total. The fraction of sp³-hybridized carbons (Fsp3) is 0.381. The Hall–Kier alpha value is -2.89. The molecule has 142 valence electrons. The number of rotatable bonds is 7. The molecule has 0 aliphatic heterocycles. The predicted octanol–water partition coefficient (Wildman–Crippen LogP) is 2.93. The summed E-state index contributed by atoms with van der Waals surface area (Å²) in [6, 6.07) is 10.5. The first-order chi connectivity index (χ1) is 13.2. The molecule has 0 bridgehead atoms. The van der Waals surface area contributed by atoms with Gasteiger partial charge in [-0.2, -0.15) is 5.10 Å². The Kier molecular flexibility index (Phi) is 6.41. The number of amides is 1. The van der Waals surface area contributed by atoms with Crippen molar-refractivity contribution in [3.05, 3.63) is 58.4 Å². The minimum atomic E-state index is -0.307. The van der Waals surface area contributed by atoms with Gasteiger partial charge in [0.25, 0.3) is 5.56 Å². The maximum absolute atomic E-state index is 12.2. The monoisotopic (exact) mass is 367 g/mol. The van der Waals surface area contributed by atoms with Crippen molar-refractivity contribution in [1.29, 1.82) is 0 Å². The zero-order valence-corrected chi connectivity index (χ0v) is 15.6. The molecule has 0 saturated carbocycles. The first-order valence-electron chi connectivity index (χ1n) is 9.33. The van der Waals surface area contributed by atoms with Gasteiger partial charge in [-0.3, -0.25) is 9.59 Å². The minimum Gasteiger partial charge on any atom is -0.496 e. The molecule has 1 aromatic heterocycles. The first kappa shape index (κ1) is 18.9. The van der Waals surface area contributed by atoms with E-state index in [9.17, 15) is 9.59 Å². The SMILES string of the molecule is COc1ccccc1-c1ccc(=O)n(CC(=O)NCCC2=CCCCC2)n1. The van der Waals surface area contributed by atoms with Gasteiger partial charge in [-0.25, -0.2) is 4.68 Å². The maximum atomic E-state index is 12.2. The summed E-state index contributed by atoms with van der Waals surface area (Å²) in [4.78, 5) is 24.3. The summed E-state index contributed by atoms with van der Waals surface area (Å²) in [5.74, 6) is 0.457. The van der Waals surface area contributed by atoms with Crippen LogP contribution in [-0.2, 0) is 11.3 Å². The highest BCUT2D eigenvalue weighted by molar-refractivity contribution is 5.75. The summed E-state index contributed by atoms with van der Waals surface area (Å²) >= 11 is 0. The van der Waals surface area contributed by atoms with E-state index < -0.39 is 0 Å². The quantitative estimate of drug-likeness (QED) is 0.764. The van der Waals surface area contributed by atoms with E-state index in [-0.39, 0.29) is 18.0 Å². The lowest BCUT2D eigenvalue weighted by Gasteiger charge is -2.13. The topological polar surface area (TPSA) is 73.2 Å². The second-order valence-corrected chi connectivity index (χ2v) is 6.62. The van der Waals surface area contributed by atoms with Crippen LogP contribution in [0.4, 0.5) is 0 Å². The van der Waals surface area contributed by atoms with Crippen molar-refractivity contribution in [3.63, 3.8) is 0 Å². The molecule has 0 radical (unpaired) electrons. The zero-order valence-electron chi connectivity index (χ0n) is 15.6. The smallest absolute Gasteiger partial charge is 0.267 e. The summed E-state index contributed by atoms with van der Waals surface area (Å²) in [7, 11) is 1.59. The fourth-order valence-corrected chi connectivity index (χ4v) is 3.25. The third-order valence-corrected chi connectivity index (χ3v) is 4.70. The van der Waals surface area contributed by atoms with Crippen LogP contribution in [0.25, 0.3) is 11.3 Å². The molecule has 0 fully saturated rings. The highest BCUT2D eigenvalue weighted by atomic mass is 16.5. The molecular formula is C21H25N3O3. The molecule has 1 amide bonds. The Morgan fingerprint density at radius 1 is 1.22 bits per heavy atom. The molecule has 3 rings (SSSR count). The van der Waals surface area contributed by atoms with E-state index in [1.165, 1.54) is 29.2 Å². The van der Waals surface area contributed by atoms with Gasteiger partial charge in [0.2, 0.25) is 5.91 Å². The van der Waals surface area contributed by atoms with Crippen molar-refractivity contribution >= 4 is 5.91 Å².